The van der Waals surface area contributed by atoms with E-state index in [1.165, 1.54) is 19.2 Å². The van der Waals surface area contributed by atoms with Crippen molar-refractivity contribution in [3.63, 3.8) is 0 Å². The van der Waals surface area contributed by atoms with Crippen molar-refractivity contribution < 1.29 is 33.4 Å². The minimum absolute atomic E-state index is 0.0241. The number of aromatic nitrogens is 1. The Kier molecular flexibility index (Phi) is 13.8. The molecule has 8 atom stereocenters. The maximum Gasteiger partial charge on any atom is 0.308 e. The second-order valence-corrected chi connectivity index (χ2v) is 15.9. The predicted octanol–water partition coefficient (Wildman–Crippen LogP) is 5.06. The fraction of sp³-hybridized carbons (Fsp3) is 0.658. The van der Waals surface area contributed by atoms with Crippen molar-refractivity contribution in [2.75, 3.05) is 27.7 Å². The molecule has 2 heterocycles. The number of likely N-dealkylation sites (tertiary alicyclic amines) is 1. The van der Waals surface area contributed by atoms with Crippen molar-refractivity contribution in [1.29, 1.82) is 0 Å². The van der Waals surface area contributed by atoms with Crippen molar-refractivity contribution in [2.45, 2.75) is 115 Å². The Labute approximate surface area is 305 Å². The summed E-state index contributed by atoms with van der Waals surface area (Å²) in [6, 6.07) is 4.80. The monoisotopic (exact) mass is 729 g/mol. The molecule has 3 N–H and O–H groups in total. The summed E-state index contributed by atoms with van der Waals surface area (Å²) < 4.78 is 18.6. The van der Waals surface area contributed by atoms with E-state index in [1.54, 1.807) is 36.4 Å². The lowest BCUT2D eigenvalue weighted by Crippen LogP contribution is -2.58. The molecule has 13 heteroatoms. The molecule has 4 rings (SSSR count). The van der Waals surface area contributed by atoms with Crippen LogP contribution in [0, 0.1) is 23.6 Å². The van der Waals surface area contributed by atoms with Gasteiger partial charge >= 0.3 is 5.97 Å². The van der Waals surface area contributed by atoms with E-state index in [4.69, 9.17) is 4.74 Å². The number of likely N-dealkylation sites (N-methyl/N-ethyl adjacent to an activating group) is 2. The first-order valence-electron chi connectivity index (χ1n) is 18.2. The van der Waals surface area contributed by atoms with E-state index in [9.17, 15) is 28.7 Å². The van der Waals surface area contributed by atoms with Gasteiger partial charge in [-0.15, -0.1) is 11.3 Å². The molecule has 5 unspecified atom stereocenters. The van der Waals surface area contributed by atoms with Crippen LogP contribution in [-0.2, 0) is 19.1 Å². The van der Waals surface area contributed by atoms with E-state index in [2.05, 4.69) is 15.6 Å². The number of aliphatic hydroxyl groups excluding tert-OH is 1. The Balaban J connectivity index is 1.45. The van der Waals surface area contributed by atoms with Gasteiger partial charge in [0, 0.05) is 36.3 Å². The first-order valence-corrected chi connectivity index (χ1v) is 19.1. The van der Waals surface area contributed by atoms with E-state index in [1.807, 2.05) is 39.6 Å². The smallest absolute Gasteiger partial charge is 0.308 e. The molecule has 282 valence electrons. The minimum Gasteiger partial charge on any atom is -0.469 e. The molecule has 2 aliphatic rings. The molecule has 0 radical (unpaired) electrons. The predicted molar refractivity (Wildman–Crippen MR) is 194 cm³/mol. The number of nitrogens with zero attached hydrogens (tertiary/aromatic N) is 3. The number of nitrogens with one attached hydrogen (secondary N) is 2. The highest BCUT2D eigenvalue weighted by molar-refractivity contribution is 7.09. The number of amides is 3. The SMILES string of the molecule is CCC(C)[C@H](NC(=O)C1CCCCN1C)C(=O)N(C)C(C[C@@H](O)c1nc(C(=O)NC2(C[C@H](C)C(=O)OC)CC2c2ccc(F)cc2)cs1)C(C)C. The van der Waals surface area contributed by atoms with Gasteiger partial charge in [0.25, 0.3) is 5.91 Å². The third kappa shape index (κ3) is 9.72. The van der Waals surface area contributed by atoms with E-state index < -0.39 is 29.5 Å². The average molecular weight is 730 g/mol. The quantitative estimate of drug-likeness (QED) is 0.204. The Hall–Kier alpha value is -3.42. The van der Waals surface area contributed by atoms with Crippen LogP contribution < -0.4 is 10.6 Å². The highest BCUT2D eigenvalue weighted by atomic mass is 32.1. The van der Waals surface area contributed by atoms with E-state index in [0.717, 1.165) is 42.7 Å². The molecular weight excluding hydrogens is 674 g/mol. The number of hydrogen-bond acceptors (Lipinski definition) is 9. The number of halogens is 1. The van der Waals surface area contributed by atoms with Gasteiger partial charge in [0.15, 0.2) is 0 Å². The van der Waals surface area contributed by atoms with Crippen LogP contribution in [0.25, 0.3) is 0 Å². The van der Waals surface area contributed by atoms with Crippen molar-refractivity contribution in [3.05, 3.63) is 51.7 Å². The van der Waals surface area contributed by atoms with Crippen molar-refractivity contribution in [2.24, 2.45) is 17.8 Å². The second-order valence-electron chi connectivity index (χ2n) is 15.0. The summed E-state index contributed by atoms with van der Waals surface area (Å²) in [4.78, 5) is 61.5. The number of hydrogen-bond donors (Lipinski definition) is 3. The number of esters is 1. The number of ether oxygens (including phenoxy) is 1. The van der Waals surface area contributed by atoms with E-state index in [0.29, 0.717) is 24.3 Å². The summed E-state index contributed by atoms with van der Waals surface area (Å²) in [6.07, 6.45) is 3.53. The Morgan fingerprint density at radius 3 is 2.45 bits per heavy atom. The fourth-order valence-corrected chi connectivity index (χ4v) is 8.24. The molecule has 51 heavy (non-hydrogen) atoms. The zero-order chi connectivity index (χ0) is 37.6. The van der Waals surface area contributed by atoms with Crippen molar-refractivity contribution >= 4 is 35.0 Å². The van der Waals surface area contributed by atoms with Gasteiger partial charge in [-0.2, -0.15) is 0 Å². The third-order valence-corrected chi connectivity index (χ3v) is 11.9. The molecule has 1 saturated carbocycles. The lowest BCUT2D eigenvalue weighted by molar-refractivity contribution is -0.145. The number of rotatable bonds is 16. The lowest BCUT2D eigenvalue weighted by atomic mass is 9.92. The van der Waals surface area contributed by atoms with Crippen molar-refractivity contribution in [1.82, 2.24) is 25.4 Å². The Bertz CT molecular complexity index is 1520. The summed E-state index contributed by atoms with van der Waals surface area (Å²) in [6.45, 7) is 10.5. The van der Waals surface area contributed by atoms with Crippen LogP contribution in [-0.4, -0.2) is 95.0 Å². The number of benzene rings is 1. The minimum atomic E-state index is -1.05. The first kappa shape index (κ1) is 40.4. The molecule has 0 bridgehead atoms. The largest absolute Gasteiger partial charge is 0.469 e. The summed E-state index contributed by atoms with van der Waals surface area (Å²) in [7, 11) is 4.99. The summed E-state index contributed by atoms with van der Waals surface area (Å²) in [5.41, 5.74) is 0.254. The number of piperidine rings is 1. The molecule has 0 spiro atoms. The van der Waals surface area contributed by atoms with Gasteiger partial charge in [-0.25, -0.2) is 9.37 Å². The third-order valence-electron chi connectivity index (χ3n) is 11.0. The molecule has 1 saturated heterocycles. The molecule has 2 aromatic rings. The Morgan fingerprint density at radius 2 is 1.84 bits per heavy atom. The van der Waals surface area contributed by atoms with Crippen LogP contribution in [0.4, 0.5) is 4.39 Å². The molecule has 1 aliphatic carbocycles. The standard InChI is InChI=1S/C38H56FN5O6S/c1-9-23(4)32(41-34(47)29-12-10-11-17-43(29)6)36(48)44(7)30(22(2)3)18-31(45)35-40-28(21-51-35)33(46)42-38(19-24(5)37(49)50-8)20-27(38)25-13-15-26(39)16-14-25/h13-16,21-24,27,29-32,45H,9-12,17-20H2,1-8H3,(H,41,47)(H,42,46)/t23?,24-,27?,29?,30?,31+,32-,38?/m0/s1. The number of aliphatic hydroxyl groups is 1. The van der Waals surface area contributed by atoms with Gasteiger partial charge in [0.05, 0.1) is 19.1 Å². The number of methoxy groups -OCH3 is 1. The average Bonchev–Trinajstić information content (AvgIpc) is 3.55. The number of carbonyl (C=O) groups excluding carboxylic acids is 4. The maximum absolute atomic E-state index is 14.0. The zero-order valence-electron chi connectivity index (χ0n) is 31.3. The first-order chi connectivity index (χ1) is 24.1. The van der Waals surface area contributed by atoms with Gasteiger partial charge < -0.3 is 25.4 Å². The molecule has 1 aromatic carbocycles. The van der Waals surface area contributed by atoms with Crippen LogP contribution in [0.3, 0.4) is 0 Å². The zero-order valence-corrected chi connectivity index (χ0v) is 32.1. The number of carbonyl (C=O) groups is 4. The summed E-state index contributed by atoms with van der Waals surface area (Å²) in [5.74, 6) is -2.23. The highest BCUT2D eigenvalue weighted by Crippen LogP contribution is 2.55. The summed E-state index contributed by atoms with van der Waals surface area (Å²) in [5, 5.41) is 19.5. The van der Waals surface area contributed by atoms with E-state index >= 15 is 0 Å². The van der Waals surface area contributed by atoms with Gasteiger partial charge in [0.2, 0.25) is 11.8 Å². The Morgan fingerprint density at radius 1 is 1.16 bits per heavy atom. The molecular formula is C38H56FN5O6S. The molecule has 2 fully saturated rings. The van der Waals surface area contributed by atoms with Crippen LogP contribution in [0.1, 0.15) is 113 Å². The molecule has 3 amide bonds. The van der Waals surface area contributed by atoms with Gasteiger partial charge in [-0.05, 0) is 68.8 Å². The van der Waals surface area contributed by atoms with Gasteiger partial charge in [0.1, 0.15) is 28.7 Å². The maximum atomic E-state index is 14.0. The fourth-order valence-electron chi connectivity index (χ4n) is 7.45. The molecule has 11 nitrogen and oxygen atoms in total. The summed E-state index contributed by atoms with van der Waals surface area (Å²) >= 11 is 1.16. The van der Waals surface area contributed by atoms with Crippen LogP contribution in [0.15, 0.2) is 29.6 Å². The lowest BCUT2D eigenvalue weighted by Gasteiger charge is -2.38. The van der Waals surface area contributed by atoms with Crippen LogP contribution in [0.5, 0.6) is 0 Å². The highest BCUT2D eigenvalue weighted by Gasteiger charge is 2.57. The molecule has 1 aromatic heterocycles. The normalized spacial score (nSPS) is 23.4. The number of thiazole rings is 1. The van der Waals surface area contributed by atoms with Crippen molar-refractivity contribution in [3.8, 4) is 0 Å². The second kappa shape index (κ2) is 17.4. The van der Waals surface area contributed by atoms with Gasteiger partial charge in [-0.1, -0.05) is 59.6 Å². The topological polar surface area (TPSA) is 141 Å². The van der Waals surface area contributed by atoms with E-state index in [-0.39, 0.29) is 65.6 Å². The van der Waals surface area contributed by atoms with Crippen LogP contribution in [0.2, 0.25) is 0 Å². The van der Waals surface area contributed by atoms with Gasteiger partial charge in [-0.3, -0.25) is 24.1 Å². The molecule has 1 aliphatic heterocycles. The van der Waals surface area contributed by atoms with Crippen LogP contribution >= 0.6 is 11.3 Å².